The summed E-state index contributed by atoms with van der Waals surface area (Å²) in [5.41, 5.74) is 0. The third kappa shape index (κ3) is 40.9. The fraction of sp³-hybridized carbons (Fsp3) is 0. The zero-order chi connectivity index (χ0) is 3.58. The van der Waals surface area contributed by atoms with Crippen LogP contribution in [0.5, 0.6) is 0 Å². The second-order valence-electron chi connectivity index (χ2n) is 0.224. The van der Waals surface area contributed by atoms with Gasteiger partial charge in [0.1, 0.15) is 0 Å². The summed E-state index contributed by atoms with van der Waals surface area (Å²) in [6.45, 7) is 0. The maximum absolute atomic E-state index is 8.60. The van der Waals surface area contributed by atoms with Crippen LogP contribution in [0, 0.1) is 0 Å². The molecule has 0 heterocycles. The second kappa shape index (κ2) is 23.0. The Morgan fingerprint density at radius 3 is 1.00 bits per heavy atom. The van der Waals surface area contributed by atoms with Crippen LogP contribution in [0.3, 0.4) is 0 Å². The molecule has 8 heteroatoms. The molecule has 0 saturated heterocycles. The van der Waals surface area contributed by atoms with Crippen LogP contribution in [-0.2, 0) is 16.5 Å². The minimum atomic E-state index is -4.20. The molecular weight excluding hydrogens is 319 g/mol. The molecule has 0 spiro atoms. The Kier molecular flexibility index (Phi) is 84.0. The van der Waals surface area contributed by atoms with Gasteiger partial charge in [-0.3, -0.25) is 0 Å². The molecular formula is HK3O3SSb. The first-order valence-corrected chi connectivity index (χ1v) is 3.67. The van der Waals surface area contributed by atoms with Gasteiger partial charge in [0.2, 0.25) is 0 Å². The van der Waals surface area contributed by atoms with Crippen LogP contribution in [-0.4, -0.2) is 21.0 Å². The van der Waals surface area contributed by atoms with Crippen molar-refractivity contribution in [2.75, 3.05) is 0 Å². The van der Waals surface area contributed by atoms with Gasteiger partial charge in [0.05, 0.1) is 0 Å². The van der Waals surface area contributed by atoms with Gasteiger partial charge >= 0.3 is 185 Å². The molecule has 0 aliphatic carbocycles. The smallest absolute Gasteiger partial charge is 0.813 e. The van der Waals surface area contributed by atoms with Crippen molar-refractivity contribution in [1.82, 2.24) is 0 Å². The number of thiol groups is 1. The first kappa shape index (κ1) is 29.2. The fourth-order valence-corrected chi connectivity index (χ4v) is 0. The molecule has 0 N–H and O–H groups in total. The molecule has 0 rings (SSSR count). The topological polar surface area (TPSA) is 63.2 Å². The quantitative estimate of drug-likeness (QED) is 0.253. The van der Waals surface area contributed by atoms with Gasteiger partial charge in [-0.25, -0.2) is 0 Å². The Bertz CT molecular complexity index is 37.5. The van der Waals surface area contributed by atoms with Crippen molar-refractivity contribution in [3.05, 3.63) is 0 Å². The zero-order valence-electron chi connectivity index (χ0n) is 5.12. The van der Waals surface area contributed by atoms with E-state index in [-0.39, 0.29) is 168 Å². The van der Waals surface area contributed by atoms with Gasteiger partial charge in [-0.1, -0.05) is 0 Å². The van der Waals surface area contributed by atoms with Gasteiger partial charge in [-0.15, -0.1) is 0 Å². The minimum absolute atomic E-state index is 0. The molecule has 0 amide bonds. The third-order valence-electron chi connectivity index (χ3n) is 0. The summed E-state index contributed by atoms with van der Waals surface area (Å²) in [5.74, 6) is 0. The molecule has 0 saturated carbocycles. The van der Waals surface area contributed by atoms with Crippen LogP contribution in [0.1, 0.15) is 0 Å². The van der Waals surface area contributed by atoms with Crippen molar-refractivity contribution >= 4 is 34.5 Å². The SMILES string of the molecule is [K+].[K+].[K+].[O]=[Sb]([O-])[O-].[SH-]. The Morgan fingerprint density at radius 2 is 1.00 bits per heavy atom. The first-order chi connectivity index (χ1) is 1.73. The van der Waals surface area contributed by atoms with E-state index in [4.69, 9.17) is 9.79 Å². The maximum Gasteiger partial charge on any atom is -0.813 e. The average molecular weight is 320 g/mol. The van der Waals surface area contributed by atoms with Crippen LogP contribution in [0.2, 0.25) is 0 Å². The van der Waals surface area contributed by atoms with E-state index in [9.17, 15) is 0 Å². The predicted molar refractivity (Wildman–Crippen MR) is 15.2 cm³/mol. The molecule has 0 aromatic carbocycles. The Labute approximate surface area is 191 Å². The Morgan fingerprint density at radius 1 is 1.00 bits per heavy atom. The van der Waals surface area contributed by atoms with Crippen LogP contribution in [0.15, 0.2) is 0 Å². The molecule has 0 bridgehead atoms. The number of rotatable bonds is 0. The molecule has 0 aliphatic heterocycles. The molecule has 0 aliphatic rings. The van der Waals surface area contributed by atoms with Crippen molar-refractivity contribution in [3.8, 4) is 0 Å². The largest absolute Gasteiger partial charge is 0.813 e. The summed E-state index contributed by atoms with van der Waals surface area (Å²) < 4.78 is 25.8. The van der Waals surface area contributed by atoms with Gasteiger partial charge in [0.15, 0.2) is 0 Å². The Balaban J connectivity index is -0.00000000750. The molecule has 0 unspecified atom stereocenters. The molecule has 33 valence electrons. The molecule has 0 atom stereocenters. The summed E-state index contributed by atoms with van der Waals surface area (Å²) in [6, 6.07) is 0. The van der Waals surface area contributed by atoms with Crippen molar-refractivity contribution in [2.45, 2.75) is 0 Å². The van der Waals surface area contributed by atoms with Gasteiger partial charge in [0, 0.05) is 0 Å². The molecule has 3 nitrogen and oxygen atoms in total. The summed E-state index contributed by atoms with van der Waals surface area (Å²) in [4.78, 5) is 0. The van der Waals surface area contributed by atoms with E-state index < -0.39 is 21.0 Å². The van der Waals surface area contributed by atoms with Crippen LogP contribution >= 0.6 is 0 Å². The normalized spacial score (nSPS) is 3.25. The summed E-state index contributed by atoms with van der Waals surface area (Å²) in [6.07, 6.45) is 0. The standard InChI is InChI=1S/3K.3O.H2S.Sb/h;;;;;;1H2;/q3*+1;;2*-1;;/p-1. The van der Waals surface area contributed by atoms with Crippen molar-refractivity contribution < 1.29 is 164 Å². The predicted octanol–water partition coefficient (Wildman–Crippen LogP) is -12.1. The van der Waals surface area contributed by atoms with Gasteiger partial charge in [-0.2, -0.15) is 0 Å². The average Bonchev–Trinajstić information content (AvgIpc) is 0.811. The van der Waals surface area contributed by atoms with E-state index in [1.54, 1.807) is 0 Å². The summed E-state index contributed by atoms with van der Waals surface area (Å²) in [5, 5.41) is 0. The van der Waals surface area contributed by atoms with Gasteiger partial charge < -0.3 is 13.5 Å². The van der Waals surface area contributed by atoms with E-state index in [0.717, 1.165) is 0 Å². The summed E-state index contributed by atoms with van der Waals surface area (Å²) in [7, 11) is 0. The van der Waals surface area contributed by atoms with E-state index in [2.05, 4.69) is 0 Å². The monoisotopic (exact) mass is 319 g/mol. The first-order valence-electron chi connectivity index (χ1n) is 0.548. The zero-order valence-corrected chi connectivity index (χ0v) is 17.9. The summed E-state index contributed by atoms with van der Waals surface area (Å²) >= 11 is -4.20. The number of hydrogen-bond donors (Lipinski definition) is 0. The molecule has 0 aromatic rings. The Hall–Kier alpha value is 5.80. The molecule has 0 aromatic heterocycles. The van der Waals surface area contributed by atoms with E-state index >= 15 is 0 Å². The molecule has 1 radical (unpaired) electrons. The molecule has 0 fully saturated rings. The van der Waals surface area contributed by atoms with Crippen LogP contribution < -0.4 is 161 Å². The molecule has 8 heavy (non-hydrogen) atoms. The van der Waals surface area contributed by atoms with Crippen LogP contribution in [0.25, 0.3) is 0 Å². The number of hydrogen-bond acceptors (Lipinski definition) is 4. The maximum atomic E-state index is 8.60. The second-order valence-corrected chi connectivity index (χ2v) is 1.50. The van der Waals surface area contributed by atoms with E-state index in [1.165, 1.54) is 0 Å². The fourth-order valence-electron chi connectivity index (χ4n) is 0. The third-order valence-corrected chi connectivity index (χ3v) is 0. The van der Waals surface area contributed by atoms with E-state index in [0.29, 0.717) is 0 Å². The van der Waals surface area contributed by atoms with E-state index in [1.807, 2.05) is 0 Å². The van der Waals surface area contributed by atoms with Crippen molar-refractivity contribution in [2.24, 2.45) is 0 Å². The minimum Gasteiger partial charge on any atom is -0.813 e. The van der Waals surface area contributed by atoms with Crippen LogP contribution in [0.4, 0.5) is 0 Å². The van der Waals surface area contributed by atoms with Crippen molar-refractivity contribution in [1.29, 1.82) is 0 Å². The van der Waals surface area contributed by atoms with Gasteiger partial charge in [-0.05, 0) is 0 Å². The van der Waals surface area contributed by atoms with Crippen molar-refractivity contribution in [3.63, 3.8) is 0 Å². The van der Waals surface area contributed by atoms with Gasteiger partial charge in [0.25, 0.3) is 0 Å².